The number of fused-ring (bicyclic) bond motifs is 27. The Kier molecular flexibility index (Phi) is 21.0. The predicted octanol–water partition coefficient (Wildman–Crippen LogP) is 33.2. The summed E-state index contributed by atoms with van der Waals surface area (Å²) in [6.45, 7) is 0. The van der Waals surface area contributed by atoms with E-state index in [1.54, 1.807) is 0 Å². The van der Waals surface area contributed by atoms with Crippen molar-refractivity contribution in [2.75, 3.05) is 0 Å². The lowest BCUT2D eigenvalue weighted by Gasteiger charge is -2.40. The van der Waals surface area contributed by atoms with Gasteiger partial charge in [0.25, 0.3) is 0 Å². The monoisotopic (exact) mass is 1910 g/mol. The molecule has 24 aromatic rings. The van der Waals surface area contributed by atoms with Gasteiger partial charge >= 0.3 is 0 Å². The molecule has 0 N–H and O–H groups in total. The van der Waals surface area contributed by atoms with Crippen LogP contribution in [0.15, 0.2) is 526 Å². The van der Waals surface area contributed by atoms with Gasteiger partial charge in [0.15, 0.2) is 23.2 Å². The van der Waals surface area contributed by atoms with Crippen molar-refractivity contribution in [3.63, 3.8) is 0 Å². The second-order valence-corrected chi connectivity index (χ2v) is 37.9. The molecule has 30 rings (SSSR count). The molecule has 6 aromatic heterocycles. The van der Waals surface area contributed by atoms with Crippen LogP contribution in [-0.4, -0.2) is 39.9 Å². The van der Waals surface area contributed by atoms with Crippen molar-refractivity contribution in [2.24, 2.45) is 0 Å². The molecule has 12 heteroatoms. The van der Waals surface area contributed by atoms with Crippen LogP contribution in [0.25, 0.3) is 169 Å². The molecule has 0 bridgehead atoms. The van der Waals surface area contributed by atoms with E-state index in [-0.39, 0.29) is 0 Å². The fraction of sp³-hybridized carbons (Fsp3) is 0.0219. The maximum Gasteiger partial charge on any atom is 0.160 e. The van der Waals surface area contributed by atoms with Crippen LogP contribution >= 0.6 is 0 Å². The summed E-state index contributed by atoms with van der Waals surface area (Å²) in [6.07, 6.45) is 3.76. The molecule has 3 aliphatic carbocycles. The van der Waals surface area contributed by atoms with E-state index in [0.29, 0.717) is 34.7 Å². The Morgan fingerprint density at radius 1 is 0.161 bits per heavy atom. The third-order valence-corrected chi connectivity index (χ3v) is 29.9. The average molecular weight is 1910 g/mol. The lowest BCUT2D eigenvalue weighted by molar-refractivity contribution is 0.436. The van der Waals surface area contributed by atoms with Crippen LogP contribution in [0.1, 0.15) is 66.8 Å². The fourth-order valence-corrected chi connectivity index (χ4v) is 23.5. The van der Waals surface area contributed by atoms with Crippen LogP contribution in [0, 0.1) is 0 Å². The Hall–Kier alpha value is -19.8. The molecule has 0 radical (unpaired) electrons. The van der Waals surface area contributed by atoms with Crippen LogP contribution in [0.4, 0.5) is 0 Å². The van der Waals surface area contributed by atoms with Gasteiger partial charge in [0.05, 0.1) is 61.7 Å². The summed E-state index contributed by atoms with van der Waals surface area (Å²) in [7, 11) is 0. The summed E-state index contributed by atoms with van der Waals surface area (Å²) in [4.78, 5) is 40.2. The van der Waals surface area contributed by atoms with Gasteiger partial charge in [0, 0.05) is 101 Å². The molecule has 0 fully saturated rings. The van der Waals surface area contributed by atoms with Gasteiger partial charge in [-0.25, -0.2) is 29.9 Å². The number of benzene rings is 18. The number of rotatable bonds is 12. The Morgan fingerprint density at radius 3 is 0.819 bits per heavy atom. The lowest BCUT2D eigenvalue weighted by atomic mass is 9.65. The molecule has 0 saturated carbocycles. The Balaban J connectivity index is 0.000000108. The molecule has 149 heavy (non-hydrogen) atoms. The van der Waals surface area contributed by atoms with Gasteiger partial charge in [-0.1, -0.05) is 419 Å². The summed E-state index contributed by atoms with van der Waals surface area (Å²) in [5, 5.41) is 0. The zero-order valence-corrected chi connectivity index (χ0v) is 80.4. The van der Waals surface area contributed by atoms with Gasteiger partial charge in [-0.2, -0.15) is 0 Å². The second kappa shape index (κ2) is 35.9. The van der Waals surface area contributed by atoms with Crippen molar-refractivity contribution < 1.29 is 18.6 Å². The van der Waals surface area contributed by atoms with E-state index in [4.69, 9.17) is 58.5 Å². The van der Waals surface area contributed by atoms with Gasteiger partial charge in [-0.15, -0.1) is 0 Å². The van der Waals surface area contributed by atoms with Crippen LogP contribution in [0.5, 0.6) is 34.5 Å². The zero-order chi connectivity index (χ0) is 98.5. The number of pyridine rings is 2. The molecule has 12 nitrogen and oxygen atoms in total. The topological polar surface area (TPSA) is 144 Å². The summed E-state index contributed by atoms with van der Waals surface area (Å²) in [5.74, 6) is 8.34. The van der Waals surface area contributed by atoms with Crippen molar-refractivity contribution in [1.29, 1.82) is 0 Å². The largest absolute Gasteiger partial charge is 0.456 e. The number of ether oxygens (including phenoxy) is 3. The molecule has 9 heterocycles. The van der Waals surface area contributed by atoms with Gasteiger partial charge in [-0.05, 0) is 158 Å². The Labute approximate surface area is 861 Å². The number of nitrogens with zero attached hydrogens (tertiary/aromatic N) is 8. The highest BCUT2D eigenvalue weighted by atomic mass is 16.5. The second-order valence-electron chi connectivity index (χ2n) is 37.9. The first-order valence-corrected chi connectivity index (χ1v) is 50.2. The first-order valence-electron chi connectivity index (χ1n) is 50.2. The van der Waals surface area contributed by atoms with Gasteiger partial charge < -0.3 is 18.6 Å². The van der Waals surface area contributed by atoms with Gasteiger partial charge in [0.1, 0.15) is 46.0 Å². The lowest BCUT2D eigenvalue weighted by Crippen LogP contribution is -2.32. The Morgan fingerprint density at radius 2 is 0.436 bits per heavy atom. The highest BCUT2D eigenvalue weighted by Gasteiger charge is 2.55. The van der Waals surface area contributed by atoms with Crippen molar-refractivity contribution in [3.05, 3.63) is 589 Å². The molecule has 6 aliphatic rings. The molecule has 698 valence electrons. The maximum atomic E-state index is 6.98. The van der Waals surface area contributed by atoms with Gasteiger partial charge in [-0.3, -0.25) is 9.97 Å². The minimum Gasteiger partial charge on any atom is -0.456 e. The van der Waals surface area contributed by atoms with Crippen molar-refractivity contribution in [3.8, 4) is 204 Å². The first-order chi connectivity index (χ1) is 73.9. The smallest absolute Gasteiger partial charge is 0.160 e. The van der Waals surface area contributed by atoms with Crippen molar-refractivity contribution >= 4 is 0 Å². The third-order valence-electron chi connectivity index (χ3n) is 29.9. The summed E-state index contributed by atoms with van der Waals surface area (Å²) in [5.41, 5.74) is 37.2. The molecular weight excluding hydrogens is 1820 g/mol. The van der Waals surface area contributed by atoms with Crippen molar-refractivity contribution in [2.45, 2.75) is 16.2 Å². The Bertz CT molecular complexity index is 9080. The molecule has 18 aromatic carbocycles. The molecule has 0 unspecified atom stereocenters. The van der Waals surface area contributed by atoms with E-state index in [0.717, 1.165) is 169 Å². The SMILES string of the molecule is c1ccc(-c2cc(-c3ccc(-c4cccc5c4Oc4ccccc4C54c5ccccc5-c5ccccc54)nc3)nc(-c3ccccc3)n2)cc1.c1ccc(-c2cc(-c3ccc(-c4cccc5c4Oc4ccccc4C54c5ccccc5-c5ccccc54)o3)nc(-c3ccccc3)n2)cc1.c1ccc(-c2cc(-c3cccnc3-c3cccc4c3Oc3ccccc3C43c4ccccc4-c4ccccc43)nc(-c3ccccc3)n2)cc1. The quantitative estimate of drug-likeness (QED) is 0.115. The molecule has 0 amide bonds. The van der Waals surface area contributed by atoms with E-state index in [2.05, 4.69) is 328 Å². The van der Waals surface area contributed by atoms with Gasteiger partial charge in [0.2, 0.25) is 0 Å². The zero-order valence-electron chi connectivity index (χ0n) is 80.4. The molecule has 3 aliphatic heterocycles. The standard InChI is InChI=1S/2C46H29N3O.C45H28N2O2/c1-3-15-30(16-4-1)40-29-41(49-45(48-40)31-17-5-2-6-18-31)34-22-14-28-47-43(34)35-21-13-26-39-44(35)50-42-27-12-11-25-38(42)46(39)36-23-9-7-19-32(36)33-20-8-10-24-37(33)46;1-3-14-30(15-4-1)41-28-42(49-45(48-41)31-16-5-2-6-17-31)32-26-27-40(47-29-32)35-20-13-24-39-44(35)50-43-25-12-11-23-38(43)46(39)36-21-9-7-18-33(36)34-19-8-10-22-37(34)46;1-3-14-29(15-4-1)38-28-39(47-44(46-38)30-16-5-2-6-17-30)42-27-26-40(48-42)33-20-13-24-37-43(33)49-41-25-12-11-23-36(41)45(37)34-21-9-7-18-31(34)32-19-8-10-22-35(32)45/h2*1-29H;1-28H. The normalized spacial score (nSPS) is 13.2. The minimum absolute atomic E-state index is 0.518. The van der Waals surface area contributed by atoms with E-state index in [1.165, 1.54) is 66.8 Å². The number of aromatic nitrogens is 8. The van der Waals surface area contributed by atoms with E-state index in [1.807, 2.05) is 194 Å². The van der Waals surface area contributed by atoms with Crippen LogP contribution in [0.3, 0.4) is 0 Å². The maximum absolute atomic E-state index is 6.98. The van der Waals surface area contributed by atoms with Crippen LogP contribution in [0.2, 0.25) is 0 Å². The highest BCUT2D eigenvalue weighted by molar-refractivity contribution is 5.96. The van der Waals surface area contributed by atoms with Crippen LogP contribution < -0.4 is 14.2 Å². The number of hydrogen-bond acceptors (Lipinski definition) is 12. The van der Waals surface area contributed by atoms with Crippen LogP contribution in [-0.2, 0) is 16.2 Å². The summed E-state index contributed by atoms with van der Waals surface area (Å²) < 4.78 is 27.4. The fourth-order valence-electron chi connectivity index (χ4n) is 23.5. The third kappa shape index (κ3) is 14.2. The number of para-hydroxylation sites is 6. The van der Waals surface area contributed by atoms with E-state index >= 15 is 0 Å². The van der Waals surface area contributed by atoms with Crippen molar-refractivity contribution in [1.82, 2.24) is 39.9 Å². The van der Waals surface area contributed by atoms with E-state index < -0.39 is 16.2 Å². The summed E-state index contributed by atoms with van der Waals surface area (Å²) in [6, 6.07) is 177. The highest BCUT2D eigenvalue weighted by Crippen LogP contribution is 2.68. The minimum atomic E-state index is -0.557. The number of furan rings is 1. The molecule has 0 atom stereocenters. The molecule has 0 saturated heterocycles. The summed E-state index contributed by atoms with van der Waals surface area (Å²) >= 11 is 0. The first kappa shape index (κ1) is 87.0. The molecular formula is C137H86N8O4. The predicted molar refractivity (Wildman–Crippen MR) is 591 cm³/mol. The molecule has 3 spiro atoms. The van der Waals surface area contributed by atoms with E-state index in [9.17, 15) is 0 Å². The average Bonchev–Trinajstić information content (AvgIpc) is 1.54. The number of hydrogen-bond donors (Lipinski definition) is 0.